The molecule has 3 fully saturated rings. The lowest BCUT2D eigenvalue weighted by molar-refractivity contribution is -0.0817. The summed E-state index contributed by atoms with van der Waals surface area (Å²) < 4.78 is 11.8. The van der Waals surface area contributed by atoms with E-state index in [1.165, 1.54) is 0 Å². The second kappa shape index (κ2) is 10.4. The van der Waals surface area contributed by atoms with Gasteiger partial charge in [-0.1, -0.05) is 6.07 Å². The van der Waals surface area contributed by atoms with Crippen molar-refractivity contribution in [2.45, 2.75) is 38.5 Å². The van der Waals surface area contributed by atoms with Crippen molar-refractivity contribution in [3.05, 3.63) is 23.9 Å². The smallest absolute Gasteiger partial charge is 0.194 e. The predicted molar refractivity (Wildman–Crippen MR) is 119 cm³/mol. The van der Waals surface area contributed by atoms with Crippen LogP contribution in [-0.4, -0.2) is 99.0 Å². The molecule has 0 aliphatic carbocycles. The summed E-state index contributed by atoms with van der Waals surface area (Å²) in [6.45, 7) is 11.1. The highest BCUT2D eigenvalue weighted by atomic mass is 16.5. The summed E-state index contributed by atoms with van der Waals surface area (Å²) in [5.41, 5.74) is 1.13. The third-order valence-corrected chi connectivity index (χ3v) is 6.16. The second-order valence-corrected chi connectivity index (χ2v) is 8.39. The molecule has 0 bridgehead atoms. The molecule has 3 aliphatic heterocycles. The number of nitrogens with one attached hydrogen (secondary N) is 1. The zero-order chi connectivity index (χ0) is 20.8. The monoisotopic (exact) mass is 416 g/mol. The topological polar surface area (TPSA) is 65.5 Å². The van der Waals surface area contributed by atoms with Gasteiger partial charge in [0.05, 0.1) is 19.3 Å². The van der Waals surface area contributed by atoms with Gasteiger partial charge in [-0.25, -0.2) is 9.98 Å². The normalized spacial score (nSPS) is 26.3. The van der Waals surface area contributed by atoms with E-state index in [-0.39, 0.29) is 12.2 Å². The van der Waals surface area contributed by atoms with E-state index in [9.17, 15) is 0 Å². The molecule has 0 amide bonds. The molecule has 8 nitrogen and oxygen atoms in total. The summed E-state index contributed by atoms with van der Waals surface area (Å²) in [7, 11) is 2.17. The fraction of sp³-hybridized carbons (Fsp3) is 0.727. The number of ether oxygens (including phenoxy) is 2. The van der Waals surface area contributed by atoms with Gasteiger partial charge in [-0.3, -0.25) is 0 Å². The molecule has 4 heterocycles. The summed E-state index contributed by atoms with van der Waals surface area (Å²) in [6.07, 6.45) is 4.55. The number of likely N-dealkylation sites (N-methyl/N-ethyl adjacent to an activating group) is 1. The molecule has 0 radical (unpaired) electrons. The van der Waals surface area contributed by atoms with Crippen LogP contribution in [0.3, 0.4) is 0 Å². The molecule has 2 unspecified atom stereocenters. The first-order chi connectivity index (χ1) is 14.7. The molecule has 0 aromatic carbocycles. The Hall–Kier alpha value is -1.90. The van der Waals surface area contributed by atoms with Crippen LogP contribution < -0.4 is 10.2 Å². The van der Waals surface area contributed by atoms with E-state index in [4.69, 9.17) is 19.5 Å². The highest BCUT2D eigenvalue weighted by Gasteiger charge is 2.32. The number of nitrogens with zero attached hydrogens (tertiary/aromatic N) is 5. The average molecular weight is 417 g/mol. The van der Waals surface area contributed by atoms with Gasteiger partial charge in [0.15, 0.2) is 5.96 Å². The minimum Gasteiger partial charge on any atom is -0.375 e. The van der Waals surface area contributed by atoms with Crippen LogP contribution in [0.5, 0.6) is 0 Å². The highest BCUT2D eigenvalue weighted by Crippen LogP contribution is 2.21. The van der Waals surface area contributed by atoms with E-state index in [1.54, 1.807) is 0 Å². The SMILES string of the molecule is CCNC(=NCc1ccc(N2CCN(C)CC2)nc1)N1CCOC(C2CCCO2)C1. The Morgan fingerprint density at radius 3 is 2.67 bits per heavy atom. The average Bonchev–Trinajstić information content (AvgIpc) is 3.33. The lowest BCUT2D eigenvalue weighted by Crippen LogP contribution is -2.53. The first-order valence-corrected chi connectivity index (χ1v) is 11.4. The van der Waals surface area contributed by atoms with Crippen LogP contribution in [0.15, 0.2) is 23.3 Å². The number of guanidine groups is 1. The molecule has 1 aromatic heterocycles. The number of aromatic nitrogens is 1. The first-order valence-electron chi connectivity index (χ1n) is 11.4. The van der Waals surface area contributed by atoms with E-state index >= 15 is 0 Å². The maximum absolute atomic E-state index is 5.99. The van der Waals surface area contributed by atoms with Gasteiger partial charge in [0, 0.05) is 58.6 Å². The quantitative estimate of drug-likeness (QED) is 0.571. The number of morpholine rings is 1. The predicted octanol–water partition coefficient (Wildman–Crippen LogP) is 1.18. The largest absolute Gasteiger partial charge is 0.375 e. The minimum absolute atomic E-state index is 0.134. The fourth-order valence-electron chi connectivity index (χ4n) is 4.31. The van der Waals surface area contributed by atoms with Gasteiger partial charge >= 0.3 is 0 Å². The number of piperazine rings is 1. The molecule has 2 atom stereocenters. The molecule has 4 rings (SSSR count). The van der Waals surface area contributed by atoms with Crippen LogP contribution in [0.1, 0.15) is 25.3 Å². The standard InChI is InChI=1S/C22H36N6O2/c1-3-23-22(28-12-14-30-20(17-28)19-5-4-13-29-19)25-16-18-6-7-21(24-15-18)27-10-8-26(2)9-11-27/h6-7,15,19-20H,3-5,8-14,16-17H2,1-2H3,(H,23,25). The van der Waals surface area contributed by atoms with Gasteiger partial charge in [0.2, 0.25) is 0 Å². The van der Waals surface area contributed by atoms with E-state index < -0.39 is 0 Å². The summed E-state index contributed by atoms with van der Waals surface area (Å²) >= 11 is 0. The van der Waals surface area contributed by atoms with Crippen molar-refractivity contribution in [3.63, 3.8) is 0 Å². The van der Waals surface area contributed by atoms with Gasteiger partial charge in [0.1, 0.15) is 11.9 Å². The minimum atomic E-state index is 0.134. The summed E-state index contributed by atoms with van der Waals surface area (Å²) in [5.74, 6) is 2.02. The van der Waals surface area contributed by atoms with Crippen LogP contribution in [-0.2, 0) is 16.0 Å². The second-order valence-electron chi connectivity index (χ2n) is 8.39. The zero-order valence-electron chi connectivity index (χ0n) is 18.4. The molecular weight excluding hydrogens is 380 g/mol. The van der Waals surface area contributed by atoms with Gasteiger partial charge in [-0.2, -0.15) is 0 Å². The molecule has 166 valence electrons. The van der Waals surface area contributed by atoms with Crippen LogP contribution in [0, 0.1) is 0 Å². The number of pyridine rings is 1. The summed E-state index contributed by atoms with van der Waals surface area (Å²) in [5, 5.41) is 3.45. The molecule has 1 N–H and O–H groups in total. The number of anilines is 1. The number of rotatable bonds is 5. The highest BCUT2D eigenvalue weighted by molar-refractivity contribution is 5.80. The summed E-state index contributed by atoms with van der Waals surface area (Å²) in [6, 6.07) is 4.29. The van der Waals surface area contributed by atoms with Crippen LogP contribution in [0.4, 0.5) is 5.82 Å². The maximum Gasteiger partial charge on any atom is 0.194 e. The Morgan fingerprint density at radius 1 is 1.13 bits per heavy atom. The molecular formula is C22H36N6O2. The molecule has 3 saturated heterocycles. The third-order valence-electron chi connectivity index (χ3n) is 6.16. The zero-order valence-corrected chi connectivity index (χ0v) is 18.4. The van der Waals surface area contributed by atoms with Crippen LogP contribution >= 0.6 is 0 Å². The van der Waals surface area contributed by atoms with Crippen molar-refractivity contribution in [1.29, 1.82) is 0 Å². The molecule has 1 aromatic rings. The van der Waals surface area contributed by atoms with Crippen LogP contribution in [0.2, 0.25) is 0 Å². The fourth-order valence-corrected chi connectivity index (χ4v) is 4.31. The van der Waals surface area contributed by atoms with Crippen molar-refractivity contribution in [1.82, 2.24) is 20.1 Å². The lowest BCUT2D eigenvalue weighted by Gasteiger charge is -2.37. The summed E-state index contributed by atoms with van der Waals surface area (Å²) in [4.78, 5) is 16.6. The van der Waals surface area contributed by atoms with E-state index in [0.717, 1.165) is 89.2 Å². The third kappa shape index (κ3) is 5.42. The molecule has 8 heteroatoms. The Bertz CT molecular complexity index is 683. The molecule has 3 aliphatic rings. The molecule has 0 saturated carbocycles. The maximum atomic E-state index is 5.99. The Morgan fingerprint density at radius 2 is 1.97 bits per heavy atom. The van der Waals surface area contributed by atoms with Gasteiger partial charge in [-0.05, 0) is 38.4 Å². The first kappa shape index (κ1) is 21.3. The van der Waals surface area contributed by atoms with Crippen molar-refractivity contribution < 1.29 is 9.47 Å². The van der Waals surface area contributed by atoms with Gasteiger partial charge < -0.3 is 29.5 Å². The Kier molecular flexibility index (Phi) is 7.41. The lowest BCUT2D eigenvalue weighted by atomic mass is 10.1. The number of aliphatic imine (C=N–C) groups is 1. The molecule has 0 spiro atoms. The van der Waals surface area contributed by atoms with Crippen molar-refractivity contribution in [3.8, 4) is 0 Å². The van der Waals surface area contributed by atoms with E-state index in [0.29, 0.717) is 6.54 Å². The molecule has 30 heavy (non-hydrogen) atoms. The number of hydrogen-bond donors (Lipinski definition) is 1. The van der Waals surface area contributed by atoms with Crippen molar-refractivity contribution in [2.24, 2.45) is 4.99 Å². The van der Waals surface area contributed by atoms with Gasteiger partial charge in [0.25, 0.3) is 0 Å². The van der Waals surface area contributed by atoms with E-state index in [1.807, 2.05) is 6.20 Å². The van der Waals surface area contributed by atoms with Crippen molar-refractivity contribution >= 4 is 11.8 Å². The van der Waals surface area contributed by atoms with Crippen LogP contribution in [0.25, 0.3) is 0 Å². The van der Waals surface area contributed by atoms with Gasteiger partial charge in [-0.15, -0.1) is 0 Å². The number of hydrogen-bond acceptors (Lipinski definition) is 6. The Balaban J connectivity index is 1.36. The Labute approximate surface area is 180 Å². The van der Waals surface area contributed by atoms with E-state index in [2.05, 4.69) is 46.1 Å². The van der Waals surface area contributed by atoms with Crippen molar-refractivity contribution in [2.75, 3.05) is 71.0 Å².